The monoisotopic (exact) mass is 244 g/mol. The van der Waals surface area contributed by atoms with Crippen molar-refractivity contribution in [3.63, 3.8) is 0 Å². The van der Waals surface area contributed by atoms with Crippen molar-refractivity contribution in [1.29, 1.82) is 0 Å². The van der Waals surface area contributed by atoms with Crippen LogP contribution in [0.4, 0.5) is 0 Å². The summed E-state index contributed by atoms with van der Waals surface area (Å²) in [7, 11) is 6.05. The third-order valence-electron chi connectivity index (χ3n) is 4.05. The summed E-state index contributed by atoms with van der Waals surface area (Å²) in [6.45, 7) is 2.14. The Labute approximate surface area is 108 Å². The Morgan fingerprint density at radius 2 is 2.06 bits per heavy atom. The number of methoxy groups -OCH3 is 1. The molecule has 1 heterocycles. The molecule has 0 radical (unpaired) electrons. The molecule has 1 aliphatic carbocycles. The molecule has 0 amide bonds. The third-order valence-corrected chi connectivity index (χ3v) is 4.05. The van der Waals surface area contributed by atoms with Crippen LogP contribution in [0.1, 0.15) is 18.0 Å². The summed E-state index contributed by atoms with van der Waals surface area (Å²) in [5.41, 5.74) is 2.56. The van der Waals surface area contributed by atoms with Crippen LogP contribution in [0.25, 0.3) is 10.9 Å². The van der Waals surface area contributed by atoms with Crippen molar-refractivity contribution < 1.29 is 4.74 Å². The van der Waals surface area contributed by atoms with Gasteiger partial charge in [-0.1, -0.05) is 0 Å². The van der Waals surface area contributed by atoms with Crippen molar-refractivity contribution >= 4 is 10.9 Å². The summed E-state index contributed by atoms with van der Waals surface area (Å²) in [4.78, 5) is 2.31. The fourth-order valence-corrected chi connectivity index (χ4v) is 2.94. The molecule has 0 spiro atoms. The van der Waals surface area contributed by atoms with Gasteiger partial charge in [0.05, 0.1) is 18.7 Å². The maximum absolute atomic E-state index is 5.43. The molecule has 1 aromatic heterocycles. The van der Waals surface area contributed by atoms with E-state index in [1.54, 1.807) is 7.11 Å². The molecule has 96 valence electrons. The van der Waals surface area contributed by atoms with Crippen LogP contribution in [0.3, 0.4) is 0 Å². The van der Waals surface area contributed by atoms with Crippen molar-refractivity contribution in [3.8, 4) is 5.75 Å². The molecule has 2 aromatic rings. The Morgan fingerprint density at radius 3 is 2.67 bits per heavy atom. The fraction of sp³-hybridized carbons (Fsp3) is 0.467. The van der Waals surface area contributed by atoms with E-state index < -0.39 is 0 Å². The quantitative estimate of drug-likeness (QED) is 0.826. The zero-order valence-electron chi connectivity index (χ0n) is 11.5. The van der Waals surface area contributed by atoms with Crippen LogP contribution in [-0.4, -0.2) is 36.7 Å². The standard InChI is InChI=1S/C15H20N2O/c1-10-14(18-4)6-5-11-7-8-17(15(10)11)13-9-12(13)16(2)3/h5-8,12-13H,9H2,1-4H3. The second kappa shape index (κ2) is 4.02. The molecule has 2 atom stereocenters. The van der Waals surface area contributed by atoms with Crippen molar-refractivity contribution in [1.82, 2.24) is 9.47 Å². The fourth-order valence-electron chi connectivity index (χ4n) is 2.94. The van der Waals surface area contributed by atoms with E-state index in [0.29, 0.717) is 12.1 Å². The van der Waals surface area contributed by atoms with Gasteiger partial charge in [0, 0.05) is 23.2 Å². The lowest BCUT2D eigenvalue weighted by Crippen LogP contribution is -2.17. The second-order valence-corrected chi connectivity index (χ2v) is 5.39. The number of benzene rings is 1. The zero-order valence-corrected chi connectivity index (χ0v) is 11.5. The van der Waals surface area contributed by atoms with Gasteiger partial charge >= 0.3 is 0 Å². The van der Waals surface area contributed by atoms with Gasteiger partial charge in [0.2, 0.25) is 0 Å². The van der Waals surface area contributed by atoms with Gasteiger partial charge in [0.25, 0.3) is 0 Å². The number of fused-ring (bicyclic) bond motifs is 1. The number of aromatic nitrogens is 1. The maximum Gasteiger partial charge on any atom is 0.123 e. The summed E-state index contributed by atoms with van der Waals surface area (Å²) in [6.07, 6.45) is 3.46. The van der Waals surface area contributed by atoms with E-state index in [0.717, 1.165) is 5.75 Å². The number of ether oxygens (including phenoxy) is 1. The van der Waals surface area contributed by atoms with Crippen molar-refractivity contribution in [2.45, 2.75) is 25.4 Å². The molecule has 0 bridgehead atoms. The van der Waals surface area contributed by atoms with Gasteiger partial charge in [0.15, 0.2) is 0 Å². The lowest BCUT2D eigenvalue weighted by atomic mass is 10.1. The Balaban J connectivity index is 2.08. The van der Waals surface area contributed by atoms with Crippen LogP contribution < -0.4 is 4.74 Å². The topological polar surface area (TPSA) is 17.4 Å². The lowest BCUT2D eigenvalue weighted by Gasteiger charge is -2.13. The van der Waals surface area contributed by atoms with Crippen molar-refractivity contribution in [3.05, 3.63) is 30.0 Å². The number of hydrogen-bond donors (Lipinski definition) is 0. The number of hydrogen-bond acceptors (Lipinski definition) is 2. The molecule has 1 fully saturated rings. The normalized spacial score (nSPS) is 22.7. The molecular formula is C15H20N2O. The Morgan fingerprint density at radius 1 is 1.28 bits per heavy atom. The Bertz CT molecular complexity index is 585. The summed E-state index contributed by atoms with van der Waals surface area (Å²) in [5, 5.41) is 1.30. The van der Waals surface area contributed by atoms with Crippen LogP contribution in [0.2, 0.25) is 0 Å². The molecule has 0 N–H and O–H groups in total. The van der Waals surface area contributed by atoms with Crippen molar-refractivity contribution in [2.24, 2.45) is 0 Å². The van der Waals surface area contributed by atoms with Crippen LogP contribution in [0.5, 0.6) is 5.75 Å². The molecule has 3 heteroatoms. The minimum Gasteiger partial charge on any atom is -0.496 e. The van der Waals surface area contributed by atoms with Gasteiger partial charge in [-0.3, -0.25) is 0 Å². The van der Waals surface area contributed by atoms with E-state index in [-0.39, 0.29) is 0 Å². The first-order valence-corrected chi connectivity index (χ1v) is 6.44. The number of rotatable bonds is 3. The first-order valence-electron chi connectivity index (χ1n) is 6.44. The largest absolute Gasteiger partial charge is 0.496 e. The number of aryl methyl sites for hydroxylation is 1. The summed E-state index contributed by atoms with van der Waals surface area (Å²) >= 11 is 0. The Hall–Kier alpha value is -1.48. The highest BCUT2D eigenvalue weighted by atomic mass is 16.5. The predicted molar refractivity (Wildman–Crippen MR) is 74.4 cm³/mol. The number of likely N-dealkylation sites (N-methyl/N-ethyl adjacent to an activating group) is 1. The van der Waals surface area contributed by atoms with E-state index >= 15 is 0 Å². The van der Waals surface area contributed by atoms with Crippen LogP contribution in [0.15, 0.2) is 24.4 Å². The average Bonchev–Trinajstić information content (AvgIpc) is 3.03. The van der Waals surface area contributed by atoms with Crippen LogP contribution in [-0.2, 0) is 0 Å². The predicted octanol–water partition coefficient (Wildman–Crippen LogP) is 2.83. The minimum absolute atomic E-state index is 0.614. The van der Waals surface area contributed by atoms with Gasteiger partial charge in [-0.2, -0.15) is 0 Å². The highest BCUT2D eigenvalue weighted by Gasteiger charge is 2.40. The van der Waals surface area contributed by atoms with Crippen LogP contribution >= 0.6 is 0 Å². The van der Waals surface area contributed by atoms with Gasteiger partial charge in [0.1, 0.15) is 5.75 Å². The molecule has 1 aromatic carbocycles. The van der Waals surface area contributed by atoms with Gasteiger partial charge in [-0.05, 0) is 45.6 Å². The summed E-state index contributed by atoms with van der Waals surface area (Å²) < 4.78 is 7.84. The first-order chi connectivity index (χ1) is 8.63. The smallest absolute Gasteiger partial charge is 0.123 e. The van der Waals surface area contributed by atoms with E-state index in [2.05, 4.69) is 54.9 Å². The average molecular weight is 244 g/mol. The highest BCUT2D eigenvalue weighted by molar-refractivity contribution is 5.85. The maximum atomic E-state index is 5.43. The second-order valence-electron chi connectivity index (χ2n) is 5.39. The molecule has 3 rings (SSSR count). The van der Waals surface area contributed by atoms with Crippen molar-refractivity contribution in [2.75, 3.05) is 21.2 Å². The lowest BCUT2D eigenvalue weighted by molar-refractivity contribution is 0.377. The van der Waals surface area contributed by atoms with Gasteiger partial charge in [-0.25, -0.2) is 0 Å². The van der Waals surface area contributed by atoms with E-state index in [1.165, 1.54) is 22.9 Å². The molecule has 1 aliphatic rings. The van der Waals surface area contributed by atoms with Gasteiger partial charge < -0.3 is 14.2 Å². The van der Waals surface area contributed by atoms with E-state index in [4.69, 9.17) is 4.74 Å². The molecule has 1 saturated carbocycles. The molecule has 0 aliphatic heterocycles. The Kier molecular flexibility index (Phi) is 2.59. The summed E-state index contributed by atoms with van der Waals surface area (Å²) in [6, 6.07) is 7.69. The number of nitrogens with zero attached hydrogens (tertiary/aromatic N) is 2. The molecular weight excluding hydrogens is 224 g/mol. The van der Waals surface area contributed by atoms with Crippen LogP contribution in [0, 0.1) is 6.92 Å². The summed E-state index contributed by atoms with van der Waals surface area (Å²) in [5.74, 6) is 0.976. The molecule has 2 unspecified atom stereocenters. The van der Waals surface area contributed by atoms with Gasteiger partial charge in [-0.15, -0.1) is 0 Å². The third kappa shape index (κ3) is 1.62. The highest BCUT2D eigenvalue weighted by Crippen LogP contribution is 2.42. The molecule has 3 nitrogen and oxygen atoms in total. The first kappa shape index (κ1) is 11.6. The van der Waals surface area contributed by atoms with E-state index in [1.807, 2.05) is 0 Å². The zero-order chi connectivity index (χ0) is 12.9. The van der Waals surface area contributed by atoms with E-state index in [9.17, 15) is 0 Å². The molecule has 18 heavy (non-hydrogen) atoms. The SMILES string of the molecule is COc1ccc2ccn(C3CC3N(C)C)c2c1C. The molecule has 0 saturated heterocycles. The minimum atomic E-state index is 0.614.